The minimum Gasteiger partial charge on any atom is -0.494 e. The molecule has 0 amide bonds. The number of fused-ring (bicyclic) bond motifs is 1. The Morgan fingerprint density at radius 2 is 1.86 bits per heavy atom. The number of aromatic nitrogens is 3. The Labute approximate surface area is 166 Å². The van der Waals surface area contributed by atoms with Gasteiger partial charge in [-0.15, -0.1) is 5.10 Å². The third-order valence-electron chi connectivity index (χ3n) is 4.44. The maximum Gasteiger partial charge on any atom is 0.291 e. The molecule has 0 unspecified atom stereocenters. The number of ether oxygens (including phenoxy) is 1. The molecule has 0 aliphatic carbocycles. The van der Waals surface area contributed by atoms with Crippen molar-refractivity contribution in [1.29, 1.82) is 0 Å². The molecule has 0 aliphatic heterocycles. The van der Waals surface area contributed by atoms with Gasteiger partial charge in [0.25, 0.3) is 5.56 Å². The van der Waals surface area contributed by atoms with Gasteiger partial charge >= 0.3 is 0 Å². The Hall–Kier alpha value is -2.99. The fourth-order valence-electron chi connectivity index (χ4n) is 2.80. The zero-order valence-corrected chi connectivity index (χ0v) is 16.7. The maximum atomic E-state index is 12.7. The first-order valence-corrected chi connectivity index (χ1v) is 10.2. The number of aryl methyl sites for hydroxylation is 1. The van der Waals surface area contributed by atoms with E-state index in [0.717, 1.165) is 36.3 Å². The zero-order valence-electron chi connectivity index (χ0n) is 15.9. The Balaban J connectivity index is 1.60. The van der Waals surface area contributed by atoms with Crippen molar-refractivity contribution in [3.05, 3.63) is 74.5 Å². The molecule has 4 aromatic rings. The van der Waals surface area contributed by atoms with Gasteiger partial charge in [0.15, 0.2) is 5.82 Å². The van der Waals surface area contributed by atoms with Gasteiger partial charge in [0, 0.05) is 5.56 Å². The smallest absolute Gasteiger partial charge is 0.291 e. The highest BCUT2D eigenvalue weighted by Crippen LogP contribution is 2.17. The van der Waals surface area contributed by atoms with E-state index in [-0.39, 0.29) is 5.56 Å². The van der Waals surface area contributed by atoms with Crippen LogP contribution in [0.15, 0.2) is 53.3 Å². The van der Waals surface area contributed by atoms with E-state index >= 15 is 0 Å². The van der Waals surface area contributed by atoms with Crippen LogP contribution in [0.4, 0.5) is 0 Å². The van der Waals surface area contributed by atoms with Gasteiger partial charge in [-0.25, -0.2) is 0 Å². The average Bonchev–Trinajstić information content (AvgIpc) is 3.24. The summed E-state index contributed by atoms with van der Waals surface area (Å²) in [6.07, 6.45) is 4.02. The molecule has 142 valence electrons. The maximum absolute atomic E-state index is 12.7. The molecule has 2 aromatic heterocycles. The molecule has 0 N–H and O–H groups in total. The second-order valence-electron chi connectivity index (χ2n) is 6.68. The first-order valence-electron chi connectivity index (χ1n) is 9.35. The van der Waals surface area contributed by atoms with Gasteiger partial charge in [0.05, 0.1) is 11.1 Å². The Kier molecular flexibility index (Phi) is 5.21. The van der Waals surface area contributed by atoms with Crippen molar-refractivity contribution in [3.63, 3.8) is 0 Å². The number of unbranched alkanes of at least 4 members (excludes halogenated alkanes) is 1. The van der Waals surface area contributed by atoms with E-state index in [9.17, 15) is 4.79 Å². The molecule has 28 heavy (non-hydrogen) atoms. The van der Waals surface area contributed by atoms with E-state index in [1.54, 1.807) is 0 Å². The molecule has 0 radical (unpaired) electrons. The average molecular weight is 391 g/mol. The summed E-state index contributed by atoms with van der Waals surface area (Å²) in [5.74, 6) is 1.42. The summed E-state index contributed by atoms with van der Waals surface area (Å²) in [5.41, 5.74) is 2.88. The van der Waals surface area contributed by atoms with Crippen molar-refractivity contribution in [3.8, 4) is 17.1 Å². The molecular formula is C22H21N3O2S. The van der Waals surface area contributed by atoms with E-state index < -0.39 is 0 Å². The van der Waals surface area contributed by atoms with Crippen LogP contribution in [0.25, 0.3) is 22.4 Å². The molecule has 0 fully saturated rings. The van der Waals surface area contributed by atoms with E-state index in [1.807, 2.05) is 61.5 Å². The zero-order chi connectivity index (χ0) is 19.5. The van der Waals surface area contributed by atoms with E-state index in [0.29, 0.717) is 15.3 Å². The Bertz CT molecular complexity index is 1190. The molecule has 2 heterocycles. The molecule has 5 nitrogen and oxygen atoms in total. The van der Waals surface area contributed by atoms with Gasteiger partial charge in [0.1, 0.15) is 5.75 Å². The van der Waals surface area contributed by atoms with Crippen LogP contribution in [0, 0.1) is 6.92 Å². The normalized spacial score (nSPS) is 12.0. The minimum atomic E-state index is -0.144. The highest BCUT2D eigenvalue weighted by molar-refractivity contribution is 7.15. The number of benzene rings is 2. The van der Waals surface area contributed by atoms with Gasteiger partial charge < -0.3 is 4.74 Å². The van der Waals surface area contributed by atoms with Crippen molar-refractivity contribution < 1.29 is 4.74 Å². The summed E-state index contributed by atoms with van der Waals surface area (Å²) in [6.45, 7) is 4.89. The van der Waals surface area contributed by atoms with Crippen LogP contribution in [0.1, 0.15) is 30.9 Å². The third-order valence-corrected chi connectivity index (χ3v) is 5.40. The van der Waals surface area contributed by atoms with Crippen LogP contribution < -0.4 is 14.8 Å². The first-order chi connectivity index (χ1) is 13.6. The highest BCUT2D eigenvalue weighted by Gasteiger charge is 2.11. The van der Waals surface area contributed by atoms with E-state index in [4.69, 9.17) is 4.74 Å². The molecular weight excluding hydrogens is 370 g/mol. The number of rotatable bonds is 6. The highest BCUT2D eigenvalue weighted by atomic mass is 32.1. The third kappa shape index (κ3) is 3.82. The standard InChI is InChI=1S/C22H21N3O2S/c1-3-4-13-27-18-11-7-16(8-12-18)14-19-21(26)25-22(28-19)23-20(24-25)17-9-5-15(2)6-10-17/h5-12,14H,3-4,13H2,1-2H3/b19-14-. The summed E-state index contributed by atoms with van der Waals surface area (Å²) < 4.78 is 7.68. The van der Waals surface area contributed by atoms with Crippen molar-refractivity contribution >= 4 is 22.4 Å². The summed E-state index contributed by atoms with van der Waals surface area (Å²) in [7, 11) is 0. The molecule has 0 saturated heterocycles. The van der Waals surface area contributed by atoms with Crippen molar-refractivity contribution in [2.45, 2.75) is 26.7 Å². The molecule has 2 aromatic carbocycles. The lowest BCUT2D eigenvalue weighted by Gasteiger charge is -2.04. The molecule has 6 heteroatoms. The summed E-state index contributed by atoms with van der Waals surface area (Å²) >= 11 is 1.35. The SMILES string of the molecule is CCCCOc1ccc(/C=c2\sc3nc(-c4ccc(C)cc4)nn3c2=O)cc1. The molecule has 0 saturated carbocycles. The number of nitrogens with zero attached hydrogens (tertiary/aromatic N) is 3. The Morgan fingerprint density at radius 3 is 2.54 bits per heavy atom. The van der Waals surface area contributed by atoms with Crippen LogP contribution in [0.5, 0.6) is 5.75 Å². The van der Waals surface area contributed by atoms with Crippen molar-refractivity contribution in [1.82, 2.24) is 14.6 Å². The van der Waals surface area contributed by atoms with Crippen molar-refractivity contribution in [2.24, 2.45) is 0 Å². The molecule has 0 atom stereocenters. The molecule has 4 rings (SSSR count). The van der Waals surface area contributed by atoms with Crippen LogP contribution in [0.3, 0.4) is 0 Å². The fraction of sp³-hybridized carbons (Fsp3) is 0.227. The number of hydrogen-bond acceptors (Lipinski definition) is 5. The van der Waals surface area contributed by atoms with Crippen LogP contribution in [0.2, 0.25) is 0 Å². The number of thiazole rings is 1. The van der Waals surface area contributed by atoms with E-state index in [2.05, 4.69) is 17.0 Å². The summed E-state index contributed by atoms with van der Waals surface area (Å²) in [6, 6.07) is 15.7. The topological polar surface area (TPSA) is 56.5 Å². The van der Waals surface area contributed by atoms with Gasteiger partial charge in [-0.3, -0.25) is 4.79 Å². The lowest BCUT2D eigenvalue weighted by Crippen LogP contribution is -2.23. The molecule has 0 aliphatic rings. The summed E-state index contributed by atoms with van der Waals surface area (Å²) in [4.78, 5) is 17.8. The monoisotopic (exact) mass is 391 g/mol. The largest absolute Gasteiger partial charge is 0.494 e. The summed E-state index contributed by atoms with van der Waals surface area (Å²) in [5, 5.41) is 4.39. The van der Waals surface area contributed by atoms with Gasteiger partial charge in [-0.1, -0.05) is 66.6 Å². The quantitative estimate of drug-likeness (QED) is 0.469. The lowest BCUT2D eigenvalue weighted by molar-refractivity contribution is 0.309. The van der Waals surface area contributed by atoms with Gasteiger partial charge in [-0.05, 0) is 37.1 Å². The lowest BCUT2D eigenvalue weighted by atomic mass is 10.1. The molecule has 0 spiro atoms. The number of hydrogen-bond donors (Lipinski definition) is 0. The minimum absolute atomic E-state index is 0.144. The fourth-order valence-corrected chi connectivity index (χ4v) is 3.71. The first kappa shape index (κ1) is 18.4. The Morgan fingerprint density at radius 1 is 1.11 bits per heavy atom. The van der Waals surface area contributed by atoms with Gasteiger partial charge in [0.2, 0.25) is 4.96 Å². The second kappa shape index (κ2) is 7.94. The van der Waals surface area contributed by atoms with Crippen molar-refractivity contribution in [2.75, 3.05) is 6.61 Å². The van der Waals surface area contributed by atoms with Gasteiger partial charge in [-0.2, -0.15) is 9.50 Å². The second-order valence-corrected chi connectivity index (χ2v) is 7.69. The predicted octanol–water partition coefficient (Wildman–Crippen LogP) is 3.85. The predicted molar refractivity (Wildman–Crippen MR) is 113 cm³/mol. The van der Waals surface area contributed by atoms with Crippen LogP contribution >= 0.6 is 11.3 Å². The van der Waals surface area contributed by atoms with E-state index in [1.165, 1.54) is 21.4 Å². The van der Waals surface area contributed by atoms with Crippen LogP contribution in [-0.4, -0.2) is 21.2 Å². The van der Waals surface area contributed by atoms with Crippen LogP contribution in [-0.2, 0) is 0 Å². The molecule has 0 bridgehead atoms.